The molecule has 14 heavy (non-hydrogen) atoms. The largest absolute Gasteiger partial charge is 0.292 e. The fourth-order valence-corrected chi connectivity index (χ4v) is 1.51. The summed E-state index contributed by atoms with van der Waals surface area (Å²) in [5, 5.41) is 4.23. The van der Waals surface area contributed by atoms with E-state index in [1.807, 2.05) is 13.8 Å². The number of aromatic nitrogens is 2. The van der Waals surface area contributed by atoms with Crippen LogP contribution in [0, 0.1) is 13.8 Å². The molecule has 1 rings (SSSR count). The first-order valence-electron chi connectivity index (χ1n) is 4.20. The van der Waals surface area contributed by atoms with Crippen molar-refractivity contribution in [2.24, 2.45) is 5.84 Å². The lowest BCUT2D eigenvalue weighted by Crippen LogP contribution is -2.36. The first-order valence-corrected chi connectivity index (χ1v) is 5.00. The van der Waals surface area contributed by atoms with Crippen molar-refractivity contribution < 1.29 is 4.79 Å². The molecule has 1 atom stereocenters. The first-order chi connectivity index (χ1) is 6.49. The zero-order valence-electron chi connectivity index (χ0n) is 8.34. The molecular formula is C8H13BrN4O. The molecule has 1 aromatic heterocycles. The van der Waals surface area contributed by atoms with Gasteiger partial charge in [0, 0.05) is 0 Å². The van der Waals surface area contributed by atoms with E-state index >= 15 is 0 Å². The van der Waals surface area contributed by atoms with Crippen molar-refractivity contribution in [1.29, 1.82) is 0 Å². The summed E-state index contributed by atoms with van der Waals surface area (Å²) >= 11 is 3.39. The second-order valence-electron chi connectivity index (χ2n) is 3.11. The number of hydrazine groups is 1. The van der Waals surface area contributed by atoms with Crippen molar-refractivity contribution in [3.63, 3.8) is 0 Å². The van der Waals surface area contributed by atoms with E-state index in [0.717, 1.165) is 15.9 Å². The molecule has 0 unspecified atom stereocenters. The summed E-state index contributed by atoms with van der Waals surface area (Å²) in [5.74, 6) is 4.79. The molecule has 78 valence electrons. The Kier molecular flexibility index (Phi) is 3.28. The summed E-state index contributed by atoms with van der Waals surface area (Å²) in [4.78, 5) is 11.3. The Morgan fingerprint density at radius 2 is 2.21 bits per heavy atom. The second kappa shape index (κ2) is 4.10. The Hall–Kier alpha value is -0.880. The molecule has 0 radical (unpaired) electrons. The van der Waals surface area contributed by atoms with Crippen LogP contribution in [-0.4, -0.2) is 15.7 Å². The molecule has 0 spiro atoms. The van der Waals surface area contributed by atoms with Crippen LogP contribution in [0.4, 0.5) is 0 Å². The Balaban J connectivity index is 3.07. The van der Waals surface area contributed by atoms with E-state index in [9.17, 15) is 4.79 Å². The maximum absolute atomic E-state index is 11.3. The number of aryl methyl sites for hydroxylation is 1. The van der Waals surface area contributed by atoms with Crippen LogP contribution < -0.4 is 11.3 Å². The minimum absolute atomic E-state index is 0.261. The quantitative estimate of drug-likeness (QED) is 0.470. The molecule has 0 saturated carbocycles. The highest BCUT2D eigenvalue weighted by atomic mass is 79.9. The zero-order chi connectivity index (χ0) is 10.9. The Labute approximate surface area is 90.8 Å². The molecule has 6 heteroatoms. The molecule has 0 fully saturated rings. The van der Waals surface area contributed by atoms with E-state index in [1.54, 1.807) is 11.6 Å². The highest BCUT2D eigenvalue weighted by molar-refractivity contribution is 9.10. The molecule has 0 aliphatic carbocycles. The monoisotopic (exact) mass is 260 g/mol. The van der Waals surface area contributed by atoms with Gasteiger partial charge in [-0.3, -0.25) is 14.9 Å². The smallest absolute Gasteiger partial charge is 0.258 e. The first kappa shape index (κ1) is 11.2. The predicted molar refractivity (Wildman–Crippen MR) is 56.4 cm³/mol. The number of hydrogen-bond acceptors (Lipinski definition) is 3. The second-order valence-corrected chi connectivity index (χ2v) is 3.91. The average molecular weight is 261 g/mol. The van der Waals surface area contributed by atoms with Crippen LogP contribution in [0.2, 0.25) is 0 Å². The lowest BCUT2D eigenvalue weighted by atomic mass is 10.3. The Bertz CT molecular complexity index is 360. The van der Waals surface area contributed by atoms with Gasteiger partial charge in [0.25, 0.3) is 5.91 Å². The van der Waals surface area contributed by atoms with Crippen LogP contribution in [-0.2, 0) is 4.79 Å². The molecule has 3 N–H and O–H groups in total. The molecule has 5 nitrogen and oxygen atoms in total. The lowest BCUT2D eigenvalue weighted by Gasteiger charge is -2.11. The molecule has 0 aromatic carbocycles. The van der Waals surface area contributed by atoms with Crippen molar-refractivity contribution in [2.75, 3.05) is 0 Å². The molecule has 1 heterocycles. The number of amides is 1. The normalized spacial score (nSPS) is 12.6. The number of rotatable bonds is 2. The lowest BCUT2D eigenvalue weighted by molar-refractivity contribution is -0.124. The summed E-state index contributed by atoms with van der Waals surface area (Å²) in [6.07, 6.45) is 0. The predicted octanol–water partition coefficient (Wildman–Crippen LogP) is 0.813. The third kappa shape index (κ3) is 1.80. The number of carbonyl (C=O) groups excluding carboxylic acids is 1. The Morgan fingerprint density at radius 1 is 1.64 bits per heavy atom. The summed E-state index contributed by atoms with van der Waals surface area (Å²) in [7, 11) is 0. The van der Waals surface area contributed by atoms with Gasteiger partial charge in [-0.15, -0.1) is 0 Å². The van der Waals surface area contributed by atoms with Gasteiger partial charge in [-0.1, -0.05) is 0 Å². The summed E-state index contributed by atoms with van der Waals surface area (Å²) < 4.78 is 2.57. The fourth-order valence-electron chi connectivity index (χ4n) is 1.25. The van der Waals surface area contributed by atoms with Crippen LogP contribution in [0.5, 0.6) is 0 Å². The molecule has 1 amide bonds. The van der Waals surface area contributed by atoms with Gasteiger partial charge in [-0.05, 0) is 36.7 Å². The number of nitrogens with two attached hydrogens (primary N) is 1. The molecular weight excluding hydrogens is 248 g/mol. The number of halogens is 1. The van der Waals surface area contributed by atoms with Crippen LogP contribution >= 0.6 is 15.9 Å². The molecule has 1 aromatic rings. The van der Waals surface area contributed by atoms with Gasteiger partial charge in [-0.25, -0.2) is 5.84 Å². The van der Waals surface area contributed by atoms with Gasteiger partial charge in [0.05, 0.1) is 15.9 Å². The summed E-state index contributed by atoms with van der Waals surface area (Å²) in [5.41, 5.74) is 3.88. The maximum Gasteiger partial charge on any atom is 0.258 e. The highest BCUT2D eigenvalue weighted by Gasteiger charge is 2.19. The van der Waals surface area contributed by atoms with Gasteiger partial charge in [0.2, 0.25) is 0 Å². The van der Waals surface area contributed by atoms with Crippen molar-refractivity contribution in [2.45, 2.75) is 26.8 Å². The van der Waals surface area contributed by atoms with Crippen molar-refractivity contribution in [3.8, 4) is 0 Å². The zero-order valence-corrected chi connectivity index (χ0v) is 9.92. The summed E-state index contributed by atoms with van der Waals surface area (Å²) in [6, 6.07) is -0.398. The molecule has 0 bridgehead atoms. The number of nitrogens with zero attached hydrogens (tertiary/aromatic N) is 2. The van der Waals surface area contributed by atoms with Gasteiger partial charge in [0.15, 0.2) is 0 Å². The minimum Gasteiger partial charge on any atom is -0.292 e. The van der Waals surface area contributed by atoms with Gasteiger partial charge >= 0.3 is 0 Å². The van der Waals surface area contributed by atoms with E-state index < -0.39 is 6.04 Å². The summed E-state index contributed by atoms with van der Waals surface area (Å²) in [6.45, 7) is 5.51. The highest BCUT2D eigenvalue weighted by Crippen LogP contribution is 2.22. The number of hydrogen-bond donors (Lipinski definition) is 2. The van der Waals surface area contributed by atoms with Crippen LogP contribution in [0.15, 0.2) is 4.47 Å². The minimum atomic E-state index is -0.398. The van der Waals surface area contributed by atoms with Crippen LogP contribution in [0.25, 0.3) is 0 Å². The molecule has 0 aliphatic heterocycles. The van der Waals surface area contributed by atoms with Gasteiger partial charge in [-0.2, -0.15) is 5.10 Å². The molecule has 0 saturated heterocycles. The average Bonchev–Trinajstić information content (AvgIpc) is 2.43. The SMILES string of the molecule is Cc1nn([C@@H](C)C(=O)NN)c(C)c1Br. The molecule has 0 aliphatic rings. The van der Waals surface area contributed by atoms with E-state index in [0.29, 0.717) is 0 Å². The van der Waals surface area contributed by atoms with Crippen LogP contribution in [0.3, 0.4) is 0 Å². The van der Waals surface area contributed by atoms with Crippen molar-refractivity contribution in [1.82, 2.24) is 15.2 Å². The van der Waals surface area contributed by atoms with Crippen molar-refractivity contribution in [3.05, 3.63) is 15.9 Å². The third-order valence-electron chi connectivity index (χ3n) is 2.13. The maximum atomic E-state index is 11.3. The number of carbonyl (C=O) groups is 1. The van der Waals surface area contributed by atoms with E-state index in [1.165, 1.54) is 0 Å². The Morgan fingerprint density at radius 3 is 2.57 bits per heavy atom. The topological polar surface area (TPSA) is 72.9 Å². The number of nitrogens with one attached hydrogen (secondary N) is 1. The van der Waals surface area contributed by atoms with E-state index in [4.69, 9.17) is 5.84 Å². The van der Waals surface area contributed by atoms with Gasteiger partial charge in [0.1, 0.15) is 6.04 Å². The van der Waals surface area contributed by atoms with E-state index in [-0.39, 0.29) is 5.91 Å². The van der Waals surface area contributed by atoms with Gasteiger partial charge < -0.3 is 0 Å². The third-order valence-corrected chi connectivity index (χ3v) is 3.27. The fraction of sp³-hybridized carbons (Fsp3) is 0.500. The van der Waals surface area contributed by atoms with E-state index in [2.05, 4.69) is 26.5 Å². The van der Waals surface area contributed by atoms with Crippen LogP contribution in [0.1, 0.15) is 24.4 Å². The van der Waals surface area contributed by atoms with Crippen molar-refractivity contribution >= 4 is 21.8 Å². The standard InChI is InChI=1S/C8H13BrN4O/c1-4-7(9)5(2)13(12-4)6(3)8(14)11-10/h6H,10H2,1-3H3,(H,11,14)/t6-/m0/s1.